The first-order valence-electron chi connectivity index (χ1n) is 10.4. The van der Waals surface area contributed by atoms with E-state index in [1.807, 2.05) is 0 Å². The Hall–Kier alpha value is -3.85. The van der Waals surface area contributed by atoms with Gasteiger partial charge in [-0.05, 0) is 61.5 Å². The van der Waals surface area contributed by atoms with Gasteiger partial charge in [-0.25, -0.2) is 9.78 Å². The molecule has 1 atom stereocenters. The predicted molar refractivity (Wildman–Crippen MR) is 128 cm³/mol. The van der Waals surface area contributed by atoms with E-state index in [1.165, 1.54) is 41.8 Å². The minimum absolute atomic E-state index is 0.116. The molecule has 0 radical (unpaired) electrons. The predicted octanol–water partition coefficient (Wildman–Crippen LogP) is 4.20. The van der Waals surface area contributed by atoms with Gasteiger partial charge in [-0.2, -0.15) is 0 Å². The van der Waals surface area contributed by atoms with Crippen molar-refractivity contribution in [2.45, 2.75) is 23.9 Å². The van der Waals surface area contributed by atoms with Crippen LogP contribution in [0, 0.1) is 0 Å². The highest BCUT2D eigenvalue weighted by Crippen LogP contribution is 2.27. The Bertz CT molecular complexity index is 1390. The summed E-state index contributed by atoms with van der Waals surface area (Å²) in [5.41, 5.74) is 0.845. The van der Waals surface area contributed by atoms with Gasteiger partial charge >= 0.3 is 5.97 Å². The maximum atomic E-state index is 13.4. The quantitative estimate of drug-likeness (QED) is 0.161. The van der Waals surface area contributed by atoms with Crippen molar-refractivity contribution in [1.82, 2.24) is 9.55 Å². The lowest BCUT2D eigenvalue weighted by molar-refractivity contribution is 0.0600. The highest BCUT2D eigenvalue weighted by atomic mass is 32.2. The Balaban J connectivity index is 1.75. The Morgan fingerprint density at radius 1 is 1.09 bits per heavy atom. The number of nitrogens with zero attached hydrogens (tertiary/aromatic N) is 2. The van der Waals surface area contributed by atoms with E-state index in [4.69, 9.17) is 13.9 Å². The highest BCUT2D eigenvalue weighted by molar-refractivity contribution is 8.00. The van der Waals surface area contributed by atoms with Gasteiger partial charge in [0.25, 0.3) is 5.56 Å². The molecule has 0 saturated heterocycles. The zero-order valence-electron chi connectivity index (χ0n) is 18.8. The molecule has 8 nitrogen and oxygen atoms in total. The number of hydrogen-bond donors (Lipinski definition) is 0. The minimum Gasteiger partial charge on any atom is -0.497 e. The van der Waals surface area contributed by atoms with Crippen molar-refractivity contribution >= 4 is 34.4 Å². The molecular formula is C25H22N2O6S. The van der Waals surface area contributed by atoms with E-state index in [1.54, 1.807) is 56.5 Å². The summed E-state index contributed by atoms with van der Waals surface area (Å²) in [6, 6.07) is 14.9. The normalized spacial score (nSPS) is 11.9. The van der Waals surface area contributed by atoms with Crippen molar-refractivity contribution in [3.63, 3.8) is 0 Å². The number of benzene rings is 2. The van der Waals surface area contributed by atoms with Gasteiger partial charge in [-0.15, -0.1) is 0 Å². The SMILES string of the molecule is COC(=O)c1ccc2c(=O)n(Cc3ccco3)c(SC(C)C(=O)c3ccc(OC)cc3)nc2c1. The monoisotopic (exact) mass is 478 g/mol. The van der Waals surface area contributed by atoms with E-state index in [0.29, 0.717) is 33.1 Å². The van der Waals surface area contributed by atoms with E-state index >= 15 is 0 Å². The number of furan rings is 1. The number of ether oxygens (including phenoxy) is 2. The molecule has 9 heteroatoms. The van der Waals surface area contributed by atoms with Gasteiger partial charge < -0.3 is 13.9 Å². The van der Waals surface area contributed by atoms with Crippen molar-refractivity contribution in [2.75, 3.05) is 14.2 Å². The first-order valence-corrected chi connectivity index (χ1v) is 11.3. The Kier molecular flexibility index (Phi) is 6.83. The molecule has 0 aliphatic carbocycles. The van der Waals surface area contributed by atoms with Crippen molar-refractivity contribution in [1.29, 1.82) is 0 Å². The molecule has 0 aliphatic heterocycles. The van der Waals surface area contributed by atoms with Gasteiger partial charge in [0, 0.05) is 5.56 Å². The van der Waals surface area contributed by atoms with Gasteiger partial charge in [0.2, 0.25) is 0 Å². The van der Waals surface area contributed by atoms with E-state index in [2.05, 4.69) is 4.98 Å². The van der Waals surface area contributed by atoms with Gasteiger partial charge in [-0.3, -0.25) is 14.2 Å². The van der Waals surface area contributed by atoms with Crippen LogP contribution in [0.2, 0.25) is 0 Å². The van der Waals surface area contributed by atoms with Crippen LogP contribution in [-0.2, 0) is 11.3 Å². The first-order chi connectivity index (χ1) is 16.4. The lowest BCUT2D eigenvalue weighted by Gasteiger charge is -2.16. The number of methoxy groups -OCH3 is 2. The summed E-state index contributed by atoms with van der Waals surface area (Å²) in [6.45, 7) is 1.91. The third kappa shape index (κ3) is 4.74. The average molecular weight is 479 g/mol. The Labute approximate surface area is 199 Å². The zero-order valence-corrected chi connectivity index (χ0v) is 19.6. The maximum Gasteiger partial charge on any atom is 0.337 e. The molecule has 0 N–H and O–H groups in total. The summed E-state index contributed by atoms with van der Waals surface area (Å²) >= 11 is 1.17. The maximum absolute atomic E-state index is 13.4. The van der Waals surface area contributed by atoms with Crippen LogP contribution in [0.25, 0.3) is 10.9 Å². The van der Waals surface area contributed by atoms with Crippen molar-refractivity contribution in [3.05, 3.63) is 88.1 Å². The lowest BCUT2D eigenvalue weighted by atomic mass is 10.1. The summed E-state index contributed by atoms with van der Waals surface area (Å²) in [5.74, 6) is 0.586. The topological polar surface area (TPSA) is 101 Å². The molecule has 174 valence electrons. The molecule has 1 unspecified atom stereocenters. The van der Waals surface area contributed by atoms with Gasteiger partial charge in [-0.1, -0.05) is 11.8 Å². The molecule has 34 heavy (non-hydrogen) atoms. The molecule has 0 saturated carbocycles. The summed E-state index contributed by atoms with van der Waals surface area (Å²) in [6.07, 6.45) is 1.53. The molecule has 0 amide bonds. The van der Waals surface area contributed by atoms with Crippen molar-refractivity contribution in [2.24, 2.45) is 0 Å². The molecule has 2 aromatic carbocycles. The molecule has 4 rings (SSSR count). The molecule has 0 fully saturated rings. The molecule has 2 heterocycles. The van der Waals surface area contributed by atoms with Crippen LogP contribution < -0.4 is 10.3 Å². The van der Waals surface area contributed by atoms with E-state index in [-0.39, 0.29) is 23.5 Å². The van der Waals surface area contributed by atoms with Gasteiger partial charge in [0.15, 0.2) is 10.9 Å². The summed E-state index contributed by atoms with van der Waals surface area (Å²) in [4.78, 5) is 43.0. The molecule has 2 aromatic heterocycles. The first kappa shape index (κ1) is 23.3. The number of carbonyl (C=O) groups excluding carboxylic acids is 2. The fraction of sp³-hybridized carbons (Fsp3) is 0.200. The number of thioether (sulfide) groups is 1. The Morgan fingerprint density at radius 2 is 1.82 bits per heavy atom. The third-order valence-corrected chi connectivity index (χ3v) is 6.35. The number of carbonyl (C=O) groups is 2. The second-order valence-electron chi connectivity index (χ2n) is 7.44. The van der Waals surface area contributed by atoms with Crippen LogP contribution in [0.1, 0.15) is 33.4 Å². The van der Waals surface area contributed by atoms with E-state index in [0.717, 1.165) is 0 Å². The summed E-state index contributed by atoms with van der Waals surface area (Å²) in [5, 5.41) is 0.146. The fourth-order valence-electron chi connectivity index (χ4n) is 3.43. The number of aromatic nitrogens is 2. The number of rotatable bonds is 8. The Morgan fingerprint density at radius 3 is 2.47 bits per heavy atom. The third-order valence-electron chi connectivity index (χ3n) is 5.26. The number of esters is 1. The lowest BCUT2D eigenvalue weighted by Crippen LogP contribution is -2.25. The smallest absolute Gasteiger partial charge is 0.337 e. The zero-order chi connectivity index (χ0) is 24.2. The van der Waals surface area contributed by atoms with Crippen molar-refractivity contribution < 1.29 is 23.5 Å². The van der Waals surface area contributed by atoms with Crippen molar-refractivity contribution in [3.8, 4) is 5.75 Å². The summed E-state index contributed by atoms with van der Waals surface area (Å²) in [7, 11) is 2.85. The molecule has 4 aromatic rings. The van der Waals surface area contributed by atoms with Crippen LogP contribution in [0.3, 0.4) is 0 Å². The van der Waals surface area contributed by atoms with E-state index in [9.17, 15) is 14.4 Å². The van der Waals surface area contributed by atoms with Crippen LogP contribution >= 0.6 is 11.8 Å². The molecular weight excluding hydrogens is 456 g/mol. The number of fused-ring (bicyclic) bond motifs is 1. The van der Waals surface area contributed by atoms with Crippen LogP contribution in [0.4, 0.5) is 0 Å². The second-order valence-corrected chi connectivity index (χ2v) is 8.75. The largest absolute Gasteiger partial charge is 0.497 e. The van der Waals surface area contributed by atoms with Crippen LogP contribution in [0.5, 0.6) is 5.75 Å². The number of ketones is 1. The second kappa shape index (κ2) is 9.96. The van der Waals surface area contributed by atoms with E-state index < -0.39 is 11.2 Å². The molecule has 0 spiro atoms. The average Bonchev–Trinajstić information content (AvgIpc) is 3.38. The van der Waals surface area contributed by atoms with Crippen LogP contribution in [0.15, 0.2) is 75.2 Å². The molecule has 0 aliphatic rings. The number of Topliss-reactive ketones (excluding diaryl/α,β-unsaturated/α-hetero) is 1. The van der Waals surface area contributed by atoms with Gasteiger partial charge in [0.05, 0.1) is 48.7 Å². The van der Waals surface area contributed by atoms with Crippen LogP contribution in [-0.4, -0.2) is 40.8 Å². The molecule has 0 bridgehead atoms. The minimum atomic E-state index is -0.538. The highest BCUT2D eigenvalue weighted by Gasteiger charge is 2.22. The standard InChI is InChI=1S/C25H22N2O6S/c1-15(22(28)16-6-9-18(31-2)10-7-16)34-25-26-21-13-17(24(30)32-3)8-11-20(21)23(29)27(25)14-19-5-4-12-33-19/h4-13,15H,14H2,1-3H3. The fourth-order valence-corrected chi connectivity index (χ4v) is 4.42. The van der Waals surface area contributed by atoms with Gasteiger partial charge in [0.1, 0.15) is 11.5 Å². The summed E-state index contributed by atoms with van der Waals surface area (Å²) < 4.78 is 16.8. The number of hydrogen-bond acceptors (Lipinski definition) is 8.